The molecule has 3 rings (SSSR count). The van der Waals surface area contributed by atoms with Crippen molar-refractivity contribution in [2.75, 3.05) is 20.2 Å². The van der Waals surface area contributed by atoms with Gasteiger partial charge in [0.05, 0.1) is 13.2 Å². The van der Waals surface area contributed by atoms with Crippen LogP contribution >= 0.6 is 23.9 Å². The molecule has 2 heterocycles. The zero-order valence-electron chi connectivity index (χ0n) is 15.7. The Kier molecular flexibility index (Phi) is 7.78. The minimum Gasteiger partial charge on any atom is -0.468 e. The summed E-state index contributed by atoms with van der Waals surface area (Å²) in [5.74, 6) is -0.306. The molecule has 0 spiro atoms. The van der Waals surface area contributed by atoms with Gasteiger partial charge < -0.3 is 9.47 Å². The predicted molar refractivity (Wildman–Crippen MR) is 108 cm³/mol. The maximum atomic E-state index is 12.8. The van der Waals surface area contributed by atoms with Gasteiger partial charge in [-0.25, -0.2) is 13.4 Å². The van der Waals surface area contributed by atoms with Crippen LogP contribution in [0.3, 0.4) is 0 Å². The van der Waals surface area contributed by atoms with Gasteiger partial charge in [0.2, 0.25) is 5.12 Å². The lowest BCUT2D eigenvalue weighted by Gasteiger charge is -2.24. The van der Waals surface area contributed by atoms with Crippen LogP contribution < -0.4 is 0 Å². The van der Waals surface area contributed by atoms with Crippen LogP contribution in [0.1, 0.15) is 31.2 Å². The topological polar surface area (TPSA) is 76.2 Å². The first kappa shape index (κ1) is 21.2. The Morgan fingerprint density at radius 3 is 2.32 bits per heavy atom. The van der Waals surface area contributed by atoms with Gasteiger partial charge in [-0.2, -0.15) is 0 Å². The van der Waals surface area contributed by atoms with Crippen LogP contribution in [-0.4, -0.2) is 57.3 Å². The molecule has 0 aromatic heterocycles. The molecular formula is C19H24N2O5S2. The molecule has 2 atom stereocenters. The van der Waals surface area contributed by atoms with E-state index in [1.165, 1.54) is 7.11 Å². The highest BCUT2D eigenvalue weighted by atomic mass is 32.2. The fraction of sp³-hybridized carbons (Fsp3) is 0.526. The molecule has 0 saturated carbocycles. The highest BCUT2D eigenvalue weighted by molar-refractivity contribution is 8.12. The van der Waals surface area contributed by atoms with E-state index >= 15 is 0 Å². The fourth-order valence-electron chi connectivity index (χ4n) is 3.32. The summed E-state index contributed by atoms with van der Waals surface area (Å²) in [5.41, 5.74) is 0.920. The Hall–Kier alpha value is -1.55. The predicted octanol–water partition coefficient (Wildman–Crippen LogP) is 3.25. The van der Waals surface area contributed by atoms with Crippen LogP contribution in [0, 0.1) is 0 Å². The molecular weight excluding hydrogens is 400 g/mol. The van der Waals surface area contributed by atoms with Crippen molar-refractivity contribution in [3.05, 3.63) is 35.9 Å². The Bertz CT molecular complexity index is 703. The summed E-state index contributed by atoms with van der Waals surface area (Å²) in [7, 11) is 1.36. The zero-order chi connectivity index (χ0) is 19.9. The Labute approximate surface area is 173 Å². The van der Waals surface area contributed by atoms with Crippen molar-refractivity contribution in [2.24, 2.45) is 0 Å². The third kappa shape index (κ3) is 5.50. The van der Waals surface area contributed by atoms with Crippen LogP contribution in [0.5, 0.6) is 0 Å². The van der Waals surface area contributed by atoms with Gasteiger partial charge in [0.15, 0.2) is 0 Å². The molecule has 152 valence electrons. The molecule has 0 unspecified atom stereocenters. The number of carbonyl (C=O) groups is 3. The van der Waals surface area contributed by atoms with Gasteiger partial charge in [-0.3, -0.25) is 9.59 Å². The lowest BCUT2D eigenvalue weighted by molar-refractivity contribution is -0.144. The first-order valence-electron chi connectivity index (χ1n) is 9.30. The van der Waals surface area contributed by atoms with E-state index in [2.05, 4.69) is 0 Å². The fourth-order valence-corrected chi connectivity index (χ4v) is 5.38. The van der Waals surface area contributed by atoms with E-state index in [0.717, 1.165) is 42.3 Å². The molecule has 1 aromatic rings. The van der Waals surface area contributed by atoms with Crippen LogP contribution in [-0.2, 0) is 25.7 Å². The monoisotopic (exact) mass is 424 g/mol. The lowest BCUT2D eigenvalue weighted by Crippen LogP contribution is -2.37. The number of carbonyl (C=O) groups excluding carboxylic acids is 3. The number of hydrogen-bond donors (Lipinski definition) is 0. The average molecular weight is 425 g/mol. The summed E-state index contributed by atoms with van der Waals surface area (Å²) < 4.78 is 13.7. The lowest BCUT2D eigenvalue weighted by atomic mass is 10.2. The molecule has 0 bridgehead atoms. The number of nitrogens with zero attached hydrogens (tertiary/aromatic N) is 2. The molecule has 1 aromatic carbocycles. The first-order valence-corrected chi connectivity index (χ1v) is 10.8. The van der Waals surface area contributed by atoms with Crippen LogP contribution in [0.15, 0.2) is 30.3 Å². The molecule has 0 aliphatic carbocycles. The first-order chi connectivity index (χ1) is 13.6. The summed E-state index contributed by atoms with van der Waals surface area (Å²) in [6.45, 7) is 1.54. The number of methoxy groups -OCH3 is 1. The molecule has 0 radical (unpaired) electrons. The summed E-state index contributed by atoms with van der Waals surface area (Å²) >= 11 is 2.04. The second-order valence-corrected chi connectivity index (χ2v) is 8.69. The van der Waals surface area contributed by atoms with Gasteiger partial charge in [0.1, 0.15) is 12.6 Å². The minimum absolute atomic E-state index is 0.0448. The molecule has 7 nitrogen and oxygen atoms in total. The molecule has 2 fully saturated rings. The quantitative estimate of drug-likeness (QED) is 0.505. The normalized spacial score (nSPS) is 22.9. The molecule has 2 aliphatic rings. The summed E-state index contributed by atoms with van der Waals surface area (Å²) in [4.78, 5) is 36.8. The van der Waals surface area contributed by atoms with E-state index in [4.69, 9.17) is 9.47 Å². The van der Waals surface area contributed by atoms with Gasteiger partial charge in [-0.05, 0) is 43.2 Å². The maximum Gasteiger partial charge on any atom is 0.383 e. The van der Waals surface area contributed by atoms with Crippen molar-refractivity contribution in [1.82, 2.24) is 8.61 Å². The van der Waals surface area contributed by atoms with Crippen molar-refractivity contribution >= 4 is 40.3 Å². The molecule has 9 heteroatoms. The number of ether oxygens (including phenoxy) is 2. The van der Waals surface area contributed by atoms with E-state index in [1.807, 2.05) is 34.6 Å². The van der Waals surface area contributed by atoms with Crippen molar-refractivity contribution in [2.45, 2.75) is 44.4 Å². The molecule has 0 amide bonds. The van der Waals surface area contributed by atoms with Crippen molar-refractivity contribution in [1.29, 1.82) is 0 Å². The van der Waals surface area contributed by atoms with Gasteiger partial charge in [-0.15, -0.1) is 0 Å². The highest BCUT2D eigenvalue weighted by Gasteiger charge is 2.38. The van der Waals surface area contributed by atoms with Crippen molar-refractivity contribution in [3.63, 3.8) is 0 Å². The van der Waals surface area contributed by atoms with Gasteiger partial charge in [0, 0.05) is 25.0 Å². The largest absolute Gasteiger partial charge is 0.468 e. The number of esters is 1. The van der Waals surface area contributed by atoms with E-state index < -0.39 is 5.30 Å². The SMILES string of the molecule is COC(=O)[C@@H]1CCCN1SC(=O)[C@@H]1CCCN1SC(=O)OCc1ccccc1. The van der Waals surface area contributed by atoms with E-state index in [-0.39, 0.29) is 29.8 Å². The Morgan fingerprint density at radius 2 is 1.64 bits per heavy atom. The second-order valence-electron chi connectivity index (χ2n) is 6.65. The zero-order valence-corrected chi connectivity index (χ0v) is 17.4. The Morgan fingerprint density at radius 1 is 1.00 bits per heavy atom. The third-order valence-corrected chi connectivity index (χ3v) is 6.81. The smallest absolute Gasteiger partial charge is 0.383 e. The Balaban J connectivity index is 1.50. The maximum absolute atomic E-state index is 12.8. The van der Waals surface area contributed by atoms with Crippen LogP contribution in [0.2, 0.25) is 0 Å². The molecule has 2 aliphatic heterocycles. The van der Waals surface area contributed by atoms with Crippen molar-refractivity contribution < 1.29 is 23.9 Å². The summed E-state index contributed by atoms with van der Waals surface area (Å²) in [5, 5.41) is -0.459. The number of rotatable bonds is 6. The van der Waals surface area contributed by atoms with Gasteiger partial charge >= 0.3 is 11.3 Å². The van der Waals surface area contributed by atoms with Crippen LogP contribution in [0.25, 0.3) is 0 Å². The summed E-state index contributed by atoms with van der Waals surface area (Å²) in [6.07, 6.45) is 3.09. The van der Waals surface area contributed by atoms with Crippen LogP contribution in [0.4, 0.5) is 4.79 Å². The van der Waals surface area contributed by atoms with Gasteiger partial charge in [0.25, 0.3) is 0 Å². The summed E-state index contributed by atoms with van der Waals surface area (Å²) in [6, 6.07) is 8.74. The third-order valence-electron chi connectivity index (χ3n) is 4.75. The number of hydrogen-bond acceptors (Lipinski definition) is 9. The van der Waals surface area contributed by atoms with Crippen molar-refractivity contribution in [3.8, 4) is 0 Å². The minimum atomic E-state index is -0.415. The van der Waals surface area contributed by atoms with E-state index in [1.54, 1.807) is 4.31 Å². The van der Waals surface area contributed by atoms with E-state index in [9.17, 15) is 14.4 Å². The molecule has 28 heavy (non-hydrogen) atoms. The molecule has 2 saturated heterocycles. The van der Waals surface area contributed by atoms with E-state index in [0.29, 0.717) is 25.9 Å². The second kappa shape index (κ2) is 10.3. The standard InChI is InChI=1S/C19H24N2O5S2/c1-25-17(22)15-9-5-11-20(15)27-18(23)16-10-6-12-21(16)28-19(24)26-13-14-7-3-2-4-8-14/h2-4,7-8,15-16H,5-6,9-13H2,1H3/t15-,16-/m0/s1. The molecule has 0 N–H and O–H groups in total. The van der Waals surface area contributed by atoms with Gasteiger partial charge in [-0.1, -0.05) is 30.3 Å². The average Bonchev–Trinajstić information content (AvgIpc) is 3.36. The number of benzene rings is 1. The highest BCUT2D eigenvalue weighted by Crippen LogP contribution is 2.33.